The minimum Gasteiger partial charge on any atom is -0.348 e. The summed E-state index contributed by atoms with van der Waals surface area (Å²) in [5.74, 6) is -0.329. The zero-order valence-corrected chi connectivity index (χ0v) is 6.28. The number of unbranched alkanes of at least 4 members (excludes halogenated alkanes) is 2. The van der Waals surface area contributed by atoms with Gasteiger partial charge in [0.05, 0.1) is 0 Å². The van der Waals surface area contributed by atoms with Crippen LogP contribution in [0.1, 0.15) is 32.6 Å². The van der Waals surface area contributed by atoms with Crippen LogP contribution in [-0.2, 0) is 9.08 Å². The predicted molar refractivity (Wildman–Crippen MR) is 36.1 cm³/mol. The van der Waals surface area contributed by atoms with Crippen LogP contribution < -0.4 is 0 Å². The number of rotatable bonds is 4. The summed E-state index contributed by atoms with van der Waals surface area (Å²) in [6, 6.07) is 0. The minimum absolute atomic E-state index is 0.329. The third kappa shape index (κ3) is 5.63. The number of hydrogen-bond acceptors (Lipinski definition) is 2. The summed E-state index contributed by atoms with van der Waals surface area (Å²) in [5, 5.41) is 0. The maximum Gasteiger partial charge on any atom is 0.324 e. The van der Waals surface area contributed by atoms with E-state index < -0.39 is 0 Å². The van der Waals surface area contributed by atoms with Crippen molar-refractivity contribution in [1.82, 2.24) is 0 Å². The van der Waals surface area contributed by atoms with E-state index in [0.29, 0.717) is 6.42 Å². The molecular formula is C6H11ClO2. The molecule has 54 valence electrons. The van der Waals surface area contributed by atoms with Crippen molar-refractivity contribution in [2.45, 2.75) is 32.6 Å². The molecule has 0 aliphatic carbocycles. The van der Waals surface area contributed by atoms with Crippen molar-refractivity contribution in [3.8, 4) is 0 Å². The van der Waals surface area contributed by atoms with Crippen molar-refractivity contribution in [1.29, 1.82) is 0 Å². The zero-order chi connectivity index (χ0) is 7.11. The average molecular weight is 151 g/mol. The van der Waals surface area contributed by atoms with E-state index in [0.717, 1.165) is 19.3 Å². The monoisotopic (exact) mass is 150 g/mol. The number of carbonyl (C=O) groups excluding carboxylic acids is 1. The van der Waals surface area contributed by atoms with Crippen LogP contribution in [0.5, 0.6) is 0 Å². The average Bonchev–Trinajstić information content (AvgIpc) is 1.89. The summed E-state index contributed by atoms with van der Waals surface area (Å²) in [4.78, 5) is 10.3. The molecule has 0 aliphatic heterocycles. The Morgan fingerprint density at radius 2 is 2.22 bits per heavy atom. The van der Waals surface area contributed by atoms with E-state index in [1.54, 1.807) is 0 Å². The summed E-state index contributed by atoms with van der Waals surface area (Å²) >= 11 is 4.78. The highest BCUT2D eigenvalue weighted by atomic mass is 35.5. The topological polar surface area (TPSA) is 26.3 Å². The van der Waals surface area contributed by atoms with Crippen LogP contribution in [-0.4, -0.2) is 5.97 Å². The number of hydrogen-bond donors (Lipinski definition) is 0. The van der Waals surface area contributed by atoms with Gasteiger partial charge in [-0.3, -0.25) is 4.79 Å². The van der Waals surface area contributed by atoms with Gasteiger partial charge in [0.2, 0.25) is 0 Å². The Morgan fingerprint density at radius 3 is 2.67 bits per heavy atom. The summed E-state index contributed by atoms with van der Waals surface area (Å²) in [6.07, 6.45) is 3.49. The summed E-state index contributed by atoms with van der Waals surface area (Å²) in [5.41, 5.74) is 0. The van der Waals surface area contributed by atoms with E-state index in [1.807, 2.05) is 0 Å². The van der Waals surface area contributed by atoms with Crippen LogP contribution in [0.4, 0.5) is 0 Å². The number of halogens is 1. The van der Waals surface area contributed by atoms with Crippen LogP contribution in [0.25, 0.3) is 0 Å². The highest BCUT2D eigenvalue weighted by molar-refractivity contribution is 6.13. The molecule has 0 bridgehead atoms. The predicted octanol–water partition coefficient (Wildman–Crippen LogP) is 2.26. The summed E-state index contributed by atoms with van der Waals surface area (Å²) in [6.45, 7) is 2.08. The van der Waals surface area contributed by atoms with Gasteiger partial charge in [0.1, 0.15) is 11.9 Å². The fourth-order valence-electron chi connectivity index (χ4n) is 0.558. The third-order valence-corrected chi connectivity index (χ3v) is 1.24. The zero-order valence-electron chi connectivity index (χ0n) is 5.52. The second-order valence-electron chi connectivity index (χ2n) is 1.91. The van der Waals surface area contributed by atoms with Crippen molar-refractivity contribution >= 4 is 17.8 Å². The van der Waals surface area contributed by atoms with Gasteiger partial charge in [0.25, 0.3) is 0 Å². The van der Waals surface area contributed by atoms with Gasteiger partial charge < -0.3 is 4.29 Å². The molecule has 0 atom stereocenters. The van der Waals surface area contributed by atoms with Crippen molar-refractivity contribution in [3.63, 3.8) is 0 Å². The maximum absolute atomic E-state index is 10.3. The molecule has 0 aliphatic rings. The van der Waals surface area contributed by atoms with Crippen LogP contribution in [0, 0.1) is 0 Å². The van der Waals surface area contributed by atoms with E-state index >= 15 is 0 Å². The molecule has 0 heterocycles. The molecule has 0 saturated carbocycles. The molecule has 3 heteroatoms. The Hall–Kier alpha value is -0.240. The van der Waals surface area contributed by atoms with Gasteiger partial charge in [-0.05, 0) is 6.42 Å². The first kappa shape index (κ1) is 8.76. The first-order valence-corrected chi connectivity index (χ1v) is 3.43. The minimum atomic E-state index is -0.329. The molecule has 0 N–H and O–H groups in total. The molecule has 9 heavy (non-hydrogen) atoms. The van der Waals surface area contributed by atoms with E-state index in [4.69, 9.17) is 11.9 Å². The molecule has 0 rings (SSSR count). The van der Waals surface area contributed by atoms with Crippen LogP contribution in [0.15, 0.2) is 0 Å². The fraction of sp³-hybridized carbons (Fsp3) is 0.833. The van der Waals surface area contributed by atoms with Gasteiger partial charge in [0.15, 0.2) is 0 Å². The second-order valence-corrected chi connectivity index (χ2v) is 2.06. The third-order valence-electron chi connectivity index (χ3n) is 1.07. The van der Waals surface area contributed by atoms with Crippen molar-refractivity contribution < 1.29 is 9.08 Å². The summed E-state index contributed by atoms with van der Waals surface area (Å²) in [7, 11) is 0. The van der Waals surface area contributed by atoms with Gasteiger partial charge in [-0.2, -0.15) is 0 Å². The quantitative estimate of drug-likeness (QED) is 0.575. The van der Waals surface area contributed by atoms with Crippen LogP contribution in [0.2, 0.25) is 0 Å². The van der Waals surface area contributed by atoms with E-state index in [9.17, 15) is 4.79 Å². The smallest absolute Gasteiger partial charge is 0.324 e. The van der Waals surface area contributed by atoms with Gasteiger partial charge >= 0.3 is 5.97 Å². The Labute approximate surface area is 60.3 Å². The fourth-order valence-corrected chi connectivity index (χ4v) is 0.635. The van der Waals surface area contributed by atoms with Crippen molar-refractivity contribution in [2.24, 2.45) is 0 Å². The SMILES string of the molecule is CCCCCC(=O)OCl. The first-order chi connectivity index (χ1) is 4.31. The lowest BCUT2D eigenvalue weighted by Gasteiger charge is -1.92. The van der Waals surface area contributed by atoms with Crippen LogP contribution in [0.3, 0.4) is 0 Å². The van der Waals surface area contributed by atoms with Gasteiger partial charge in [-0.25, -0.2) is 0 Å². The highest BCUT2D eigenvalue weighted by Crippen LogP contribution is 2.00. The van der Waals surface area contributed by atoms with Crippen molar-refractivity contribution in [3.05, 3.63) is 0 Å². The highest BCUT2D eigenvalue weighted by Gasteiger charge is 1.98. The molecule has 0 spiro atoms. The molecule has 0 aromatic heterocycles. The summed E-state index contributed by atoms with van der Waals surface area (Å²) < 4.78 is 3.93. The van der Waals surface area contributed by atoms with E-state index in [1.165, 1.54) is 0 Å². The molecule has 0 amide bonds. The number of carbonyl (C=O) groups is 1. The lowest BCUT2D eigenvalue weighted by Crippen LogP contribution is -1.95. The normalized spacial score (nSPS) is 9.11. The molecule has 0 saturated heterocycles. The van der Waals surface area contributed by atoms with E-state index in [-0.39, 0.29) is 5.97 Å². The lowest BCUT2D eigenvalue weighted by molar-refractivity contribution is -0.134. The molecule has 0 aromatic carbocycles. The molecule has 0 aromatic rings. The Kier molecular flexibility index (Phi) is 5.73. The lowest BCUT2D eigenvalue weighted by atomic mass is 10.2. The Balaban J connectivity index is 2.97. The largest absolute Gasteiger partial charge is 0.348 e. The van der Waals surface area contributed by atoms with Gasteiger partial charge in [0, 0.05) is 6.42 Å². The standard InChI is InChI=1S/C6H11ClO2/c1-2-3-4-5-6(8)9-7/h2-5H2,1H3. The molecular weight excluding hydrogens is 140 g/mol. The van der Waals surface area contributed by atoms with Crippen molar-refractivity contribution in [2.75, 3.05) is 0 Å². The molecule has 0 radical (unpaired) electrons. The maximum atomic E-state index is 10.3. The Bertz CT molecular complexity index is 83.1. The first-order valence-electron chi connectivity index (χ1n) is 3.12. The molecule has 0 fully saturated rings. The Morgan fingerprint density at radius 1 is 1.56 bits per heavy atom. The molecule has 0 unspecified atom stereocenters. The van der Waals surface area contributed by atoms with Crippen LogP contribution >= 0.6 is 11.9 Å². The van der Waals surface area contributed by atoms with E-state index in [2.05, 4.69) is 11.2 Å². The second kappa shape index (κ2) is 5.89. The molecule has 2 nitrogen and oxygen atoms in total. The van der Waals surface area contributed by atoms with Gasteiger partial charge in [-0.1, -0.05) is 19.8 Å². The van der Waals surface area contributed by atoms with Gasteiger partial charge in [-0.15, -0.1) is 0 Å².